The lowest BCUT2D eigenvalue weighted by molar-refractivity contribution is -0.177. The fourth-order valence-electron chi connectivity index (χ4n) is 1.32. The molecule has 7 nitrogen and oxygen atoms in total. The van der Waals surface area contributed by atoms with Gasteiger partial charge in [-0.15, -0.1) is 0 Å². The molecule has 1 unspecified atom stereocenters. The predicted molar refractivity (Wildman–Crippen MR) is 93.8 cm³/mol. The van der Waals surface area contributed by atoms with Crippen LogP contribution in [0.4, 0.5) is 0 Å². The second kappa shape index (κ2) is 10.9. The van der Waals surface area contributed by atoms with Gasteiger partial charge in [-0.2, -0.15) is 0 Å². The van der Waals surface area contributed by atoms with Gasteiger partial charge in [-0.25, -0.2) is 4.79 Å². The Morgan fingerprint density at radius 2 is 1.72 bits per heavy atom. The van der Waals surface area contributed by atoms with Crippen molar-refractivity contribution >= 4 is 34.8 Å². The molecule has 0 aliphatic carbocycles. The molecule has 2 atom stereocenters. The summed E-state index contributed by atoms with van der Waals surface area (Å²) in [5.41, 5.74) is -0.759. The average molecular weight is 374 g/mol. The zero-order chi connectivity index (χ0) is 19.6. The number of carbonyl (C=O) groups excluding carboxylic acids is 4. The normalized spacial score (nSPS) is 13.3. The molecule has 0 aromatic carbocycles. The van der Waals surface area contributed by atoms with Crippen LogP contribution >= 0.6 is 11.8 Å². The van der Waals surface area contributed by atoms with Crippen LogP contribution in [0.5, 0.6) is 0 Å². The molecule has 0 fully saturated rings. The van der Waals surface area contributed by atoms with Crippen LogP contribution in [-0.4, -0.2) is 48.1 Å². The first-order valence-corrected chi connectivity index (χ1v) is 8.76. The molecule has 0 rings (SSSR count). The Kier molecular flexibility index (Phi) is 10.1. The van der Waals surface area contributed by atoms with Crippen LogP contribution in [0.3, 0.4) is 0 Å². The van der Waals surface area contributed by atoms with Crippen LogP contribution in [0.25, 0.3) is 0 Å². The van der Waals surface area contributed by atoms with Crippen LogP contribution in [-0.2, 0) is 33.4 Å². The maximum absolute atomic E-state index is 12.1. The van der Waals surface area contributed by atoms with E-state index in [0.29, 0.717) is 0 Å². The van der Waals surface area contributed by atoms with Crippen molar-refractivity contribution in [2.75, 3.05) is 19.0 Å². The van der Waals surface area contributed by atoms with Gasteiger partial charge in [0.15, 0.2) is 5.12 Å². The third-order valence-electron chi connectivity index (χ3n) is 2.78. The van der Waals surface area contributed by atoms with E-state index in [1.807, 2.05) is 0 Å². The quantitative estimate of drug-likeness (QED) is 0.344. The molecule has 0 amide bonds. The maximum atomic E-state index is 12.1. The SMILES string of the molecule is C=CCOC(=O)C(COC(=O)C(C)(C)C)OC(=O)[C@H](C)CSC(C)=O. The lowest BCUT2D eigenvalue weighted by Gasteiger charge is -2.21. The number of carbonyl (C=O) groups is 4. The molecular formula is C17H26O7S. The number of thioether (sulfide) groups is 1. The topological polar surface area (TPSA) is 96.0 Å². The van der Waals surface area contributed by atoms with E-state index >= 15 is 0 Å². The molecular weight excluding hydrogens is 348 g/mol. The molecule has 0 bridgehead atoms. The number of esters is 3. The molecule has 0 aromatic rings. The van der Waals surface area contributed by atoms with Crippen molar-refractivity contribution in [3.05, 3.63) is 12.7 Å². The molecule has 0 heterocycles. The zero-order valence-electron chi connectivity index (χ0n) is 15.3. The molecule has 0 radical (unpaired) electrons. The Morgan fingerprint density at radius 1 is 1.12 bits per heavy atom. The standard InChI is InChI=1S/C17H26O7S/c1-7-8-22-15(20)13(9-23-16(21)17(4,5)6)24-14(19)11(2)10-25-12(3)18/h7,11,13H,1,8-10H2,2-6H3/t11-,13?/m1/s1. The molecule has 142 valence electrons. The van der Waals surface area contributed by atoms with Gasteiger partial charge in [0, 0.05) is 12.7 Å². The van der Waals surface area contributed by atoms with Gasteiger partial charge in [-0.05, 0) is 20.8 Å². The van der Waals surface area contributed by atoms with Gasteiger partial charge in [-0.1, -0.05) is 31.3 Å². The molecule has 0 saturated carbocycles. The number of rotatable bonds is 9. The minimum absolute atomic E-state index is 0.0597. The Balaban J connectivity index is 4.85. The first-order valence-electron chi connectivity index (χ1n) is 7.77. The van der Waals surface area contributed by atoms with Crippen molar-refractivity contribution in [2.24, 2.45) is 11.3 Å². The summed E-state index contributed by atoms with van der Waals surface area (Å²) < 4.78 is 15.0. The smallest absolute Gasteiger partial charge is 0.351 e. The highest BCUT2D eigenvalue weighted by atomic mass is 32.2. The Morgan fingerprint density at radius 3 is 2.20 bits per heavy atom. The summed E-state index contributed by atoms with van der Waals surface area (Å²) >= 11 is 0.984. The molecule has 0 N–H and O–H groups in total. The van der Waals surface area contributed by atoms with Gasteiger partial charge >= 0.3 is 17.9 Å². The number of ether oxygens (including phenoxy) is 3. The molecule has 0 aromatic heterocycles. The van der Waals surface area contributed by atoms with Crippen molar-refractivity contribution < 1.29 is 33.4 Å². The van der Waals surface area contributed by atoms with Crippen LogP contribution in [0.15, 0.2) is 12.7 Å². The van der Waals surface area contributed by atoms with Gasteiger partial charge in [0.2, 0.25) is 6.10 Å². The summed E-state index contributed by atoms with van der Waals surface area (Å²) in [5, 5.41) is -0.124. The highest BCUT2D eigenvalue weighted by Gasteiger charge is 2.31. The van der Waals surface area contributed by atoms with Crippen molar-refractivity contribution in [3.8, 4) is 0 Å². The highest BCUT2D eigenvalue weighted by molar-refractivity contribution is 8.13. The first kappa shape index (κ1) is 23.2. The summed E-state index contributed by atoms with van der Waals surface area (Å²) in [6.07, 6.45) is -0.00658. The fraction of sp³-hybridized carbons (Fsp3) is 0.647. The lowest BCUT2D eigenvalue weighted by atomic mass is 9.97. The fourth-order valence-corrected chi connectivity index (χ4v) is 1.94. The third kappa shape index (κ3) is 9.91. The number of hydrogen-bond acceptors (Lipinski definition) is 8. The molecule has 0 spiro atoms. The van der Waals surface area contributed by atoms with Crippen molar-refractivity contribution in [1.29, 1.82) is 0 Å². The van der Waals surface area contributed by atoms with Crippen molar-refractivity contribution in [1.82, 2.24) is 0 Å². The summed E-state index contributed by atoms with van der Waals surface area (Å²) in [7, 11) is 0. The molecule has 0 aliphatic heterocycles. The van der Waals surface area contributed by atoms with Gasteiger partial charge in [0.1, 0.15) is 13.2 Å². The van der Waals surface area contributed by atoms with E-state index in [0.717, 1.165) is 11.8 Å². The first-order chi connectivity index (χ1) is 11.5. The van der Waals surface area contributed by atoms with Gasteiger partial charge < -0.3 is 14.2 Å². The monoisotopic (exact) mass is 374 g/mol. The third-order valence-corrected chi connectivity index (χ3v) is 3.86. The highest BCUT2D eigenvalue weighted by Crippen LogP contribution is 2.16. The largest absolute Gasteiger partial charge is 0.461 e. The Hall–Kier alpha value is -1.83. The molecule has 0 aliphatic rings. The van der Waals surface area contributed by atoms with E-state index in [1.165, 1.54) is 13.0 Å². The van der Waals surface area contributed by atoms with Gasteiger partial charge in [0.05, 0.1) is 11.3 Å². The predicted octanol–water partition coefficient (Wildman–Crippen LogP) is 2.13. The van der Waals surface area contributed by atoms with E-state index < -0.39 is 42.0 Å². The lowest BCUT2D eigenvalue weighted by Crippen LogP contribution is -2.37. The maximum Gasteiger partial charge on any atom is 0.351 e. The molecule has 0 saturated heterocycles. The number of hydrogen-bond donors (Lipinski definition) is 0. The van der Waals surface area contributed by atoms with Crippen molar-refractivity contribution in [3.63, 3.8) is 0 Å². The zero-order valence-corrected chi connectivity index (χ0v) is 16.1. The Labute approximate surface area is 152 Å². The van der Waals surface area contributed by atoms with Gasteiger partial charge in [0.25, 0.3) is 0 Å². The minimum atomic E-state index is -1.37. The summed E-state index contributed by atoms with van der Waals surface area (Å²) in [6.45, 7) is 10.9. The Bertz CT molecular complexity index is 508. The van der Waals surface area contributed by atoms with E-state index in [-0.39, 0.29) is 17.5 Å². The van der Waals surface area contributed by atoms with Crippen LogP contribution in [0, 0.1) is 11.3 Å². The minimum Gasteiger partial charge on any atom is -0.461 e. The summed E-state index contributed by atoms with van der Waals surface area (Å²) in [6, 6.07) is 0. The van der Waals surface area contributed by atoms with Crippen LogP contribution < -0.4 is 0 Å². The van der Waals surface area contributed by atoms with E-state index in [4.69, 9.17) is 14.2 Å². The summed E-state index contributed by atoms with van der Waals surface area (Å²) in [5.74, 6) is -2.43. The molecule has 25 heavy (non-hydrogen) atoms. The average Bonchev–Trinajstić information content (AvgIpc) is 2.52. The van der Waals surface area contributed by atoms with E-state index in [2.05, 4.69) is 6.58 Å². The van der Waals surface area contributed by atoms with E-state index in [1.54, 1.807) is 27.7 Å². The van der Waals surface area contributed by atoms with Crippen LogP contribution in [0.2, 0.25) is 0 Å². The summed E-state index contributed by atoms with van der Waals surface area (Å²) in [4.78, 5) is 46.9. The second-order valence-electron chi connectivity index (χ2n) is 6.40. The second-order valence-corrected chi connectivity index (χ2v) is 7.59. The van der Waals surface area contributed by atoms with Crippen molar-refractivity contribution in [2.45, 2.75) is 40.7 Å². The molecule has 8 heteroatoms. The van der Waals surface area contributed by atoms with E-state index in [9.17, 15) is 19.2 Å². The van der Waals surface area contributed by atoms with Crippen LogP contribution in [0.1, 0.15) is 34.6 Å². The van der Waals surface area contributed by atoms with Gasteiger partial charge in [-0.3, -0.25) is 14.4 Å².